The van der Waals surface area contributed by atoms with Crippen molar-refractivity contribution in [3.05, 3.63) is 0 Å². The van der Waals surface area contributed by atoms with Crippen molar-refractivity contribution in [3.8, 4) is 0 Å². The Balaban J connectivity index is 1.53. The minimum Gasteiger partial charge on any atom is -0.461 e. The zero-order chi connectivity index (χ0) is 77.3. The number of hydrogen-bond acceptors (Lipinski definition) is 18. The van der Waals surface area contributed by atoms with Gasteiger partial charge in [-0.15, -0.1) is 0 Å². The van der Waals surface area contributed by atoms with E-state index in [4.69, 9.17) is 23.7 Å². The fourth-order valence-corrected chi connectivity index (χ4v) is 19.7. The number of hydrogen-bond donors (Lipinski definition) is 0. The minimum atomic E-state index is -0.667. The molecule has 0 N–H and O–H groups in total. The highest BCUT2D eigenvalue weighted by molar-refractivity contribution is 5.81. The van der Waals surface area contributed by atoms with Crippen LogP contribution in [0.15, 0.2) is 0 Å². The summed E-state index contributed by atoms with van der Waals surface area (Å²) in [5.74, 6) is -2.82. The van der Waals surface area contributed by atoms with Gasteiger partial charge in [-0.25, -0.2) is 0 Å². The van der Waals surface area contributed by atoms with Crippen LogP contribution in [0.5, 0.6) is 0 Å². The maximum absolute atomic E-state index is 14.8. The van der Waals surface area contributed by atoms with Gasteiger partial charge in [0.2, 0.25) is 29.5 Å². The van der Waals surface area contributed by atoms with Gasteiger partial charge < -0.3 is 48.2 Å². The summed E-state index contributed by atoms with van der Waals surface area (Å²) in [6, 6.07) is 0. The molecule has 102 heavy (non-hydrogen) atoms. The van der Waals surface area contributed by atoms with Crippen molar-refractivity contribution < 1.29 is 71.6 Å². The summed E-state index contributed by atoms with van der Waals surface area (Å²) in [4.78, 5) is 156. The fourth-order valence-electron chi connectivity index (χ4n) is 19.7. The summed E-state index contributed by atoms with van der Waals surface area (Å²) in [6.07, 6.45) is 6.30. The van der Waals surface area contributed by atoms with E-state index in [1.807, 2.05) is 202 Å². The van der Waals surface area contributed by atoms with E-state index < -0.39 is 116 Å². The quantitative estimate of drug-likeness (QED) is 0.0463. The number of carbonyl (C=O) groups excluding carboxylic acids is 10. The average molecular weight is 1440 g/mol. The van der Waals surface area contributed by atoms with Gasteiger partial charge in [0.05, 0.1) is 32.7 Å². The number of amides is 5. The molecule has 5 heterocycles. The SMILES string of the molecule is CCCC(=O)N1C(C)(C)CC(OC(=O)CN(CCN(CC(=O)OC2CC(C)(C)N(C(=O)CCC)C(C)(C)C2)CC(=O)OC2CC(C)(C)N(C(=O)CCC)C(C)(C)C2)CCN(CC(=O)OC2CC(C)(C)N(C(=O)CCC)C(C)(C)C2)CC(=O)OC2CC(C)(C)N(C(=O)CCC)C(C)(C)C2)CC1(C)C. The molecule has 0 aromatic carbocycles. The van der Waals surface area contributed by atoms with Crippen molar-refractivity contribution in [2.24, 2.45) is 0 Å². The minimum absolute atomic E-state index is 0.0114. The highest BCUT2D eigenvalue weighted by Crippen LogP contribution is 2.46. The Bertz CT molecular complexity index is 2560. The predicted molar refractivity (Wildman–Crippen MR) is 394 cm³/mol. The van der Waals surface area contributed by atoms with Crippen LogP contribution >= 0.6 is 0 Å². The zero-order valence-corrected chi connectivity index (χ0v) is 68.1. The predicted octanol–water partition coefficient (Wildman–Crippen LogP) is 11.3. The molecule has 0 saturated carbocycles. The molecule has 5 rings (SSSR count). The number of likely N-dealkylation sites (tertiary alicyclic amines) is 5. The zero-order valence-electron chi connectivity index (χ0n) is 68.1. The van der Waals surface area contributed by atoms with Crippen molar-refractivity contribution in [2.75, 3.05) is 58.9 Å². The molecule has 5 aliphatic rings. The summed E-state index contributed by atoms with van der Waals surface area (Å²) in [5, 5.41) is 0. The lowest BCUT2D eigenvalue weighted by Gasteiger charge is -2.55. The van der Waals surface area contributed by atoms with Gasteiger partial charge in [-0.05, 0) is 171 Å². The Morgan fingerprint density at radius 3 is 0.510 bits per heavy atom. The summed E-state index contributed by atoms with van der Waals surface area (Å²) in [5.41, 5.74) is -6.60. The lowest BCUT2D eigenvalue weighted by atomic mass is 9.77. The van der Waals surface area contributed by atoms with Crippen LogP contribution in [-0.2, 0) is 71.6 Å². The average Bonchev–Trinajstić information content (AvgIpc) is 0.793. The van der Waals surface area contributed by atoms with Crippen molar-refractivity contribution in [1.82, 2.24) is 39.2 Å². The van der Waals surface area contributed by atoms with E-state index in [1.165, 1.54) is 0 Å². The smallest absolute Gasteiger partial charge is 0.320 e. The molecule has 0 bridgehead atoms. The van der Waals surface area contributed by atoms with Gasteiger partial charge >= 0.3 is 29.8 Å². The lowest BCUT2D eigenvalue weighted by Crippen LogP contribution is -2.64. The van der Waals surface area contributed by atoms with E-state index in [-0.39, 0.29) is 88.4 Å². The number of piperidine rings is 5. The largest absolute Gasteiger partial charge is 0.461 e. The van der Waals surface area contributed by atoms with Crippen LogP contribution in [0, 0.1) is 0 Å². The van der Waals surface area contributed by atoms with Crippen molar-refractivity contribution in [2.45, 2.75) is 387 Å². The maximum Gasteiger partial charge on any atom is 0.320 e. The van der Waals surface area contributed by atoms with Gasteiger partial charge in [-0.2, -0.15) is 0 Å². The second kappa shape index (κ2) is 34.4. The number of carbonyl (C=O) groups is 10. The second-order valence-corrected chi connectivity index (χ2v) is 36.8. The van der Waals surface area contributed by atoms with Gasteiger partial charge in [-0.1, -0.05) is 34.6 Å². The molecular formula is C79H138N8O15. The third-order valence-corrected chi connectivity index (χ3v) is 21.6. The standard InChI is InChI=1S/C79H138N8O15/c1-26-31-60(88)83-70(6,7)40-55(41-71(83,8)9)98-65(93)50-80(36-38-81(51-66(94)99-56-42-72(10,11)84(61(89)32-27-2)73(12,13)43-56)52-67(95)100-57-44-74(14,15)85(62(90)33-28-3)75(16,17)45-57)37-39-82(53-68(96)101-58-46-76(18,19)86(63(91)34-29-4)77(20,21)47-58)54-69(97)102-59-48-78(22,23)87(64(92)35-30-5)79(24,25)49-59/h55-59H,26-54H2,1-25H3. The lowest BCUT2D eigenvalue weighted by molar-refractivity contribution is -0.173. The summed E-state index contributed by atoms with van der Waals surface area (Å²) >= 11 is 0. The van der Waals surface area contributed by atoms with E-state index in [0.717, 1.165) is 0 Å². The Morgan fingerprint density at radius 2 is 0.373 bits per heavy atom. The Kier molecular flexibility index (Phi) is 29.4. The molecule has 5 saturated heterocycles. The molecular weight excluding hydrogens is 1300 g/mol. The topological polar surface area (TPSA) is 243 Å². The molecule has 0 spiro atoms. The van der Waals surface area contributed by atoms with E-state index in [9.17, 15) is 47.9 Å². The van der Waals surface area contributed by atoms with Gasteiger partial charge in [0.25, 0.3) is 0 Å². The molecule has 0 aromatic heterocycles. The first kappa shape index (κ1) is 87.2. The molecule has 5 aliphatic heterocycles. The molecule has 0 aromatic rings. The molecule has 23 heteroatoms. The van der Waals surface area contributed by atoms with Crippen LogP contribution in [0.25, 0.3) is 0 Å². The first-order valence-corrected chi connectivity index (χ1v) is 38.6. The van der Waals surface area contributed by atoms with Gasteiger partial charge in [0.15, 0.2) is 0 Å². The van der Waals surface area contributed by atoms with Gasteiger partial charge in [0.1, 0.15) is 30.5 Å². The number of ether oxygens (including phenoxy) is 5. The summed E-state index contributed by atoms with van der Waals surface area (Å²) in [7, 11) is 0. The van der Waals surface area contributed by atoms with Gasteiger partial charge in [-0.3, -0.25) is 62.6 Å². The number of esters is 5. The summed E-state index contributed by atoms with van der Waals surface area (Å²) in [6.45, 7) is 47.9. The molecule has 5 amide bonds. The maximum atomic E-state index is 14.8. The fraction of sp³-hybridized carbons (Fsp3) is 0.873. The molecule has 23 nitrogen and oxygen atoms in total. The summed E-state index contributed by atoms with van der Waals surface area (Å²) < 4.78 is 31.8. The third-order valence-electron chi connectivity index (χ3n) is 21.6. The highest BCUT2D eigenvalue weighted by atomic mass is 16.6. The van der Waals surface area contributed by atoms with Crippen LogP contribution in [0.3, 0.4) is 0 Å². The van der Waals surface area contributed by atoms with E-state index in [2.05, 4.69) is 0 Å². The third kappa shape index (κ3) is 23.0. The molecule has 584 valence electrons. The van der Waals surface area contributed by atoms with E-state index in [0.29, 0.717) is 128 Å². The van der Waals surface area contributed by atoms with E-state index in [1.54, 1.807) is 9.80 Å². The van der Waals surface area contributed by atoms with Crippen LogP contribution in [0.2, 0.25) is 0 Å². The van der Waals surface area contributed by atoms with Crippen molar-refractivity contribution >= 4 is 59.4 Å². The first-order valence-electron chi connectivity index (χ1n) is 38.6. The monoisotopic (exact) mass is 1440 g/mol. The molecule has 0 radical (unpaired) electrons. The van der Waals surface area contributed by atoms with Crippen LogP contribution in [-0.4, -0.2) is 243 Å². The van der Waals surface area contributed by atoms with E-state index >= 15 is 0 Å². The van der Waals surface area contributed by atoms with Gasteiger partial charge in [0, 0.05) is 178 Å². The molecule has 5 fully saturated rings. The first-order chi connectivity index (χ1) is 46.8. The van der Waals surface area contributed by atoms with Crippen LogP contribution in [0.1, 0.15) is 302 Å². The van der Waals surface area contributed by atoms with Crippen molar-refractivity contribution in [1.29, 1.82) is 0 Å². The molecule has 0 atom stereocenters. The normalized spacial score (nSPS) is 22.3. The Hall–Kier alpha value is -5.42. The Labute approximate surface area is 613 Å². The number of rotatable bonds is 31. The second-order valence-electron chi connectivity index (χ2n) is 36.8. The van der Waals surface area contributed by atoms with Crippen LogP contribution < -0.4 is 0 Å². The molecule has 0 aliphatic carbocycles. The van der Waals surface area contributed by atoms with Crippen molar-refractivity contribution in [3.63, 3.8) is 0 Å². The number of nitrogens with zero attached hydrogens (tertiary/aromatic N) is 8. The Morgan fingerprint density at radius 1 is 0.245 bits per heavy atom. The molecule has 0 unspecified atom stereocenters. The van der Waals surface area contributed by atoms with Crippen LogP contribution in [0.4, 0.5) is 0 Å². The highest BCUT2D eigenvalue weighted by Gasteiger charge is 2.54.